The Kier molecular flexibility index (Phi) is 5.17. The van der Waals surface area contributed by atoms with E-state index in [1.807, 2.05) is 13.0 Å². The summed E-state index contributed by atoms with van der Waals surface area (Å²) in [6.07, 6.45) is 4.09. The fourth-order valence-corrected chi connectivity index (χ4v) is 0.823. The molecule has 0 saturated heterocycles. The Hall–Kier alpha value is -0.990. The van der Waals surface area contributed by atoms with Gasteiger partial charge in [0.05, 0.1) is 0 Å². The zero-order valence-corrected chi connectivity index (χ0v) is 7.92. The van der Waals surface area contributed by atoms with E-state index in [0.29, 0.717) is 0 Å². The summed E-state index contributed by atoms with van der Waals surface area (Å²) in [5.74, 6) is -0.820. The van der Waals surface area contributed by atoms with Crippen LogP contribution in [0.15, 0.2) is 11.8 Å². The van der Waals surface area contributed by atoms with Gasteiger partial charge in [-0.05, 0) is 20.3 Å². The van der Waals surface area contributed by atoms with Gasteiger partial charge in [-0.1, -0.05) is 19.4 Å². The lowest BCUT2D eigenvalue weighted by Gasteiger charge is -2.10. The number of hydrogen-bond acceptors (Lipinski definition) is 2. The fraction of sp³-hybridized carbons (Fsp3) is 0.667. The molecule has 0 radical (unpaired) electrons. The molecule has 0 rings (SSSR count). The van der Waals surface area contributed by atoms with Crippen LogP contribution in [0, 0.1) is 0 Å². The van der Waals surface area contributed by atoms with E-state index in [-0.39, 0.29) is 0 Å². The minimum Gasteiger partial charge on any atom is -0.480 e. The molecular weight excluding hydrogens is 154 g/mol. The number of carboxylic acids is 1. The molecule has 1 unspecified atom stereocenters. The van der Waals surface area contributed by atoms with E-state index >= 15 is 0 Å². The second-order valence-corrected chi connectivity index (χ2v) is 2.88. The first-order chi connectivity index (χ1) is 5.57. The van der Waals surface area contributed by atoms with Crippen LogP contribution in [0.3, 0.4) is 0 Å². The highest BCUT2D eigenvalue weighted by atomic mass is 16.4. The van der Waals surface area contributed by atoms with Crippen LogP contribution in [-0.4, -0.2) is 17.1 Å². The van der Waals surface area contributed by atoms with E-state index in [1.165, 1.54) is 0 Å². The number of unbranched alkanes of at least 4 members (excludes halogenated alkanes) is 1. The Labute approximate surface area is 73.5 Å². The molecule has 70 valence electrons. The molecule has 0 fully saturated rings. The van der Waals surface area contributed by atoms with Crippen molar-refractivity contribution in [2.45, 2.75) is 39.7 Å². The first kappa shape index (κ1) is 11.0. The van der Waals surface area contributed by atoms with Crippen molar-refractivity contribution in [2.75, 3.05) is 0 Å². The van der Waals surface area contributed by atoms with Crippen LogP contribution in [-0.2, 0) is 4.79 Å². The quantitative estimate of drug-likeness (QED) is 0.662. The second-order valence-electron chi connectivity index (χ2n) is 2.88. The second kappa shape index (κ2) is 5.63. The van der Waals surface area contributed by atoms with E-state index < -0.39 is 12.0 Å². The van der Waals surface area contributed by atoms with Gasteiger partial charge in [-0.25, -0.2) is 0 Å². The average Bonchev–Trinajstić information content (AvgIpc) is 2.00. The van der Waals surface area contributed by atoms with Crippen molar-refractivity contribution in [2.24, 2.45) is 0 Å². The van der Waals surface area contributed by atoms with Crippen LogP contribution in [0.25, 0.3) is 0 Å². The summed E-state index contributed by atoms with van der Waals surface area (Å²) in [5.41, 5.74) is 0.937. The van der Waals surface area contributed by atoms with Crippen LogP contribution in [0.1, 0.15) is 33.6 Å². The lowest BCUT2D eigenvalue weighted by molar-refractivity contribution is -0.138. The Morgan fingerprint density at radius 1 is 1.67 bits per heavy atom. The third kappa shape index (κ3) is 4.77. The molecule has 0 bridgehead atoms. The van der Waals surface area contributed by atoms with E-state index in [4.69, 9.17) is 5.11 Å². The fourth-order valence-electron chi connectivity index (χ4n) is 0.823. The highest BCUT2D eigenvalue weighted by molar-refractivity contribution is 5.73. The molecule has 12 heavy (non-hydrogen) atoms. The maximum Gasteiger partial charge on any atom is 0.325 e. The minimum absolute atomic E-state index is 0.502. The van der Waals surface area contributed by atoms with Gasteiger partial charge in [0.2, 0.25) is 0 Å². The third-order valence-corrected chi connectivity index (χ3v) is 1.55. The highest BCUT2D eigenvalue weighted by Gasteiger charge is 2.08. The lowest BCUT2D eigenvalue weighted by Crippen LogP contribution is -2.32. The summed E-state index contributed by atoms with van der Waals surface area (Å²) >= 11 is 0. The van der Waals surface area contributed by atoms with Crippen molar-refractivity contribution in [3.05, 3.63) is 11.8 Å². The van der Waals surface area contributed by atoms with Crippen LogP contribution in [0.4, 0.5) is 0 Å². The molecule has 0 aliphatic heterocycles. The Morgan fingerprint density at radius 2 is 2.25 bits per heavy atom. The van der Waals surface area contributed by atoms with Gasteiger partial charge in [0, 0.05) is 5.70 Å². The standard InChI is InChI=1S/C9H17NO2/c1-4-5-6-7(2)10-8(3)9(11)12/h6,8,10H,4-5H2,1-3H3,(H,11,12). The Morgan fingerprint density at radius 3 is 2.67 bits per heavy atom. The van der Waals surface area contributed by atoms with Crippen LogP contribution in [0.2, 0.25) is 0 Å². The molecule has 0 aromatic carbocycles. The first-order valence-corrected chi connectivity index (χ1v) is 4.24. The largest absolute Gasteiger partial charge is 0.480 e. The van der Waals surface area contributed by atoms with Gasteiger partial charge in [0.25, 0.3) is 0 Å². The molecule has 2 N–H and O–H groups in total. The van der Waals surface area contributed by atoms with Crippen molar-refractivity contribution in [3.63, 3.8) is 0 Å². The SMILES string of the molecule is CCCC=C(C)NC(C)C(=O)O. The maximum atomic E-state index is 10.4. The van der Waals surface area contributed by atoms with Gasteiger partial charge < -0.3 is 10.4 Å². The first-order valence-electron chi connectivity index (χ1n) is 4.24. The molecule has 0 aliphatic rings. The molecule has 0 spiro atoms. The molecule has 3 heteroatoms. The Bertz CT molecular complexity index is 175. The number of carbonyl (C=O) groups is 1. The number of rotatable bonds is 5. The maximum absolute atomic E-state index is 10.4. The monoisotopic (exact) mass is 171 g/mol. The van der Waals surface area contributed by atoms with Gasteiger partial charge in [0.15, 0.2) is 0 Å². The van der Waals surface area contributed by atoms with Gasteiger partial charge in [-0.15, -0.1) is 0 Å². The topological polar surface area (TPSA) is 49.3 Å². The summed E-state index contributed by atoms with van der Waals surface area (Å²) in [5, 5.41) is 11.4. The van der Waals surface area contributed by atoms with Crippen molar-refractivity contribution in [1.82, 2.24) is 5.32 Å². The number of aliphatic carboxylic acids is 1. The van der Waals surface area contributed by atoms with Crippen molar-refractivity contribution < 1.29 is 9.90 Å². The predicted molar refractivity (Wildman–Crippen MR) is 48.9 cm³/mol. The molecule has 1 atom stereocenters. The summed E-state index contributed by atoms with van der Waals surface area (Å²) in [4.78, 5) is 10.4. The zero-order valence-electron chi connectivity index (χ0n) is 7.92. The van der Waals surface area contributed by atoms with E-state index in [1.54, 1.807) is 6.92 Å². The zero-order chi connectivity index (χ0) is 9.56. The molecule has 0 saturated carbocycles. The minimum atomic E-state index is -0.820. The predicted octanol–water partition coefficient (Wildman–Crippen LogP) is 1.75. The third-order valence-electron chi connectivity index (χ3n) is 1.55. The summed E-state index contributed by atoms with van der Waals surface area (Å²) in [6, 6.07) is -0.502. The molecule has 0 aromatic rings. The van der Waals surface area contributed by atoms with Crippen molar-refractivity contribution in [3.8, 4) is 0 Å². The summed E-state index contributed by atoms with van der Waals surface area (Å²) in [7, 11) is 0. The van der Waals surface area contributed by atoms with Crippen molar-refractivity contribution in [1.29, 1.82) is 0 Å². The van der Waals surface area contributed by atoms with Crippen LogP contribution in [0.5, 0.6) is 0 Å². The molecule has 0 aliphatic carbocycles. The average molecular weight is 171 g/mol. The number of hydrogen-bond donors (Lipinski definition) is 2. The molecular formula is C9H17NO2. The highest BCUT2D eigenvalue weighted by Crippen LogP contribution is 1.96. The van der Waals surface area contributed by atoms with Crippen molar-refractivity contribution >= 4 is 5.97 Å². The number of carboxylic acid groups (broad SMARTS) is 1. The van der Waals surface area contributed by atoms with Gasteiger partial charge >= 0.3 is 5.97 Å². The molecule has 0 heterocycles. The molecule has 0 aromatic heterocycles. The molecule has 3 nitrogen and oxygen atoms in total. The lowest BCUT2D eigenvalue weighted by atomic mass is 10.2. The number of nitrogens with one attached hydrogen (secondary N) is 1. The van der Waals surface area contributed by atoms with Gasteiger partial charge in [0.1, 0.15) is 6.04 Å². The molecule has 0 amide bonds. The van der Waals surface area contributed by atoms with E-state index in [0.717, 1.165) is 18.5 Å². The van der Waals surface area contributed by atoms with Gasteiger partial charge in [-0.2, -0.15) is 0 Å². The van der Waals surface area contributed by atoms with Crippen LogP contribution >= 0.6 is 0 Å². The summed E-state index contributed by atoms with van der Waals surface area (Å²) in [6.45, 7) is 5.60. The van der Waals surface area contributed by atoms with E-state index in [2.05, 4.69) is 12.2 Å². The van der Waals surface area contributed by atoms with Crippen LogP contribution < -0.4 is 5.32 Å². The number of allylic oxidation sites excluding steroid dienone is 2. The normalized spacial score (nSPS) is 14.1. The summed E-state index contributed by atoms with van der Waals surface area (Å²) < 4.78 is 0. The van der Waals surface area contributed by atoms with E-state index in [9.17, 15) is 4.79 Å². The van der Waals surface area contributed by atoms with Gasteiger partial charge in [-0.3, -0.25) is 4.79 Å². The Balaban J connectivity index is 3.82. The smallest absolute Gasteiger partial charge is 0.325 e.